The molecule has 26 heavy (non-hydrogen) atoms. The minimum atomic E-state index is -0.410. The lowest BCUT2D eigenvalue weighted by Crippen LogP contribution is -2.66. The summed E-state index contributed by atoms with van der Waals surface area (Å²) in [6.07, 6.45) is 10.4. The summed E-state index contributed by atoms with van der Waals surface area (Å²) in [5.41, 5.74) is -0.712. The van der Waals surface area contributed by atoms with Gasteiger partial charge in [-0.25, -0.2) is 0 Å². The van der Waals surface area contributed by atoms with Gasteiger partial charge in [0.15, 0.2) is 0 Å². The number of rotatable bonds is 4. The molecule has 5 heteroatoms. The highest BCUT2D eigenvalue weighted by atomic mass is 16.6. The molecule has 3 heterocycles. The van der Waals surface area contributed by atoms with Crippen molar-refractivity contribution in [2.45, 2.75) is 108 Å². The molecule has 0 aliphatic carbocycles. The van der Waals surface area contributed by atoms with Crippen molar-refractivity contribution in [2.75, 3.05) is 6.61 Å². The van der Waals surface area contributed by atoms with Crippen LogP contribution in [0.3, 0.4) is 0 Å². The van der Waals surface area contributed by atoms with E-state index in [4.69, 9.17) is 18.9 Å². The number of allylic oxidation sites excluding steroid dienone is 2. The van der Waals surface area contributed by atoms with E-state index in [9.17, 15) is 4.79 Å². The molecular formula is C21H34O5. The first kappa shape index (κ1) is 19.8. The minimum Gasteiger partial charge on any atom is -0.460 e. The molecule has 0 saturated carbocycles. The number of carbonyl (C=O) groups is 1. The lowest BCUT2D eigenvalue weighted by atomic mass is 9.74. The lowest BCUT2D eigenvalue weighted by molar-refractivity contribution is -0.311. The summed E-state index contributed by atoms with van der Waals surface area (Å²) in [6.45, 7) is 8.58. The molecule has 0 unspecified atom stereocenters. The van der Waals surface area contributed by atoms with Gasteiger partial charge in [-0.3, -0.25) is 4.79 Å². The highest BCUT2D eigenvalue weighted by molar-refractivity contribution is 5.66. The Labute approximate surface area is 157 Å². The smallest absolute Gasteiger partial charge is 0.302 e. The Morgan fingerprint density at radius 1 is 1.23 bits per heavy atom. The fraction of sp³-hybridized carbons (Fsp3) is 0.857. The molecule has 3 aliphatic heterocycles. The molecule has 0 aromatic rings. The molecule has 3 rings (SSSR count). The Morgan fingerprint density at radius 2 is 2.04 bits per heavy atom. The van der Waals surface area contributed by atoms with Gasteiger partial charge in [0, 0.05) is 26.4 Å². The van der Waals surface area contributed by atoms with Gasteiger partial charge in [0.2, 0.25) is 0 Å². The van der Waals surface area contributed by atoms with Gasteiger partial charge in [-0.1, -0.05) is 12.2 Å². The van der Waals surface area contributed by atoms with Crippen LogP contribution in [0.1, 0.15) is 72.6 Å². The van der Waals surface area contributed by atoms with Crippen molar-refractivity contribution < 1.29 is 23.7 Å². The molecule has 0 aromatic heterocycles. The normalized spacial score (nSPS) is 43.4. The van der Waals surface area contributed by atoms with Gasteiger partial charge in [0.25, 0.3) is 0 Å². The molecule has 3 saturated heterocycles. The molecule has 0 N–H and O–H groups in total. The van der Waals surface area contributed by atoms with E-state index in [0.717, 1.165) is 45.1 Å². The molecule has 0 amide bonds. The second kappa shape index (κ2) is 7.99. The van der Waals surface area contributed by atoms with Crippen molar-refractivity contribution in [1.29, 1.82) is 0 Å². The van der Waals surface area contributed by atoms with Crippen molar-refractivity contribution in [1.82, 2.24) is 0 Å². The van der Waals surface area contributed by atoms with Crippen molar-refractivity contribution in [2.24, 2.45) is 0 Å². The van der Waals surface area contributed by atoms with E-state index in [-0.39, 0.29) is 36.0 Å². The maximum Gasteiger partial charge on any atom is 0.302 e. The molecule has 0 radical (unpaired) electrons. The van der Waals surface area contributed by atoms with Crippen molar-refractivity contribution in [3.63, 3.8) is 0 Å². The third-order valence-corrected chi connectivity index (χ3v) is 6.14. The van der Waals surface area contributed by atoms with Gasteiger partial charge in [-0.15, -0.1) is 0 Å². The Bertz CT molecular complexity index is 532. The summed E-state index contributed by atoms with van der Waals surface area (Å²) in [5.74, 6) is -0.253. The molecule has 0 aromatic carbocycles. The predicted octanol–water partition coefficient (Wildman–Crippen LogP) is 3.94. The van der Waals surface area contributed by atoms with Crippen LogP contribution < -0.4 is 0 Å². The van der Waals surface area contributed by atoms with Crippen LogP contribution in [0.25, 0.3) is 0 Å². The third-order valence-electron chi connectivity index (χ3n) is 6.14. The number of hydrogen-bond donors (Lipinski definition) is 0. The van der Waals surface area contributed by atoms with Crippen LogP contribution in [0, 0.1) is 0 Å². The van der Waals surface area contributed by atoms with Gasteiger partial charge in [-0.05, 0) is 52.9 Å². The summed E-state index contributed by atoms with van der Waals surface area (Å²) < 4.78 is 24.9. The number of fused-ring (bicyclic) bond motifs is 2. The van der Waals surface area contributed by atoms with Gasteiger partial charge in [0.1, 0.15) is 6.10 Å². The van der Waals surface area contributed by atoms with Gasteiger partial charge in [0.05, 0.1) is 29.5 Å². The van der Waals surface area contributed by atoms with E-state index < -0.39 is 5.60 Å². The van der Waals surface area contributed by atoms with E-state index in [2.05, 4.69) is 19.9 Å². The van der Waals surface area contributed by atoms with E-state index >= 15 is 0 Å². The SMILES string of the molecule is C/C=C\CC[C@@H]1O[C@]2(C)C[C@]3(C)OCCCC[C@H]3O[C@H]2C[C@H]1OC(C)=O. The topological polar surface area (TPSA) is 54.0 Å². The average Bonchev–Trinajstić information content (AvgIpc) is 2.73. The van der Waals surface area contributed by atoms with E-state index in [1.54, 1.807) is 0 Å². The van der Waals surface area contributed by atoms with Crippen LogP contribution in [-0.4, -0.2) is 48.2 Å². The summed E-state index contributed by atoms with van der Waals surface area (Å²) in [6, 6.07) is 0. The van der Waals surface area contributed by atoms with E-state index in [0.29, 0.717) is 6.42 Å². The second-order valence-corrected chi connectivity index (χ2v) is 8.45. The molecule has 3 fully saturated rings. The predicted molar refractivity (Wildman–Crippen MR) is 99.0 cm³/mol. The van der Waals surface area contributed by atoms with Crippen molar-refractivity contribution >= 4 is 5.97 Å². The first-order chi connectivity index (χ1) is 12.4. The third kappa shape index (κ3) is 4.15. The number of ether oxygens (including phenoxy) is 4. The molecule has 0 bridgehead atoms. The molecule has 0 spiro atoms. The fourth-order valence-corrected chi connectivity index (χ4v) is 4.88. The minimum absolute atomic E-state index is 0.0652. The molecule has 5 nitrogen and oxygen atoms in total. The Hall–Kier alpha value is -0.910. The monoisotopic (exact) mass is 366 g/mol. The number of esters is 1. The van der Waals surface area contributed by atoms with Crippen LogP contribution in [0.15, 0.2) is 12.2 Å². The Morgan fingerprint density at radius 3 is 2.77 bits per heavy atom. The first-order valence-corrected chi connectivity index (χ1v) is 10.1. The largest absolute Gasteiger partial charge is 0.460 e. The quantitative estimate of drug-likeness (QED) is 0.557. The molecule has 3 aliphatic rings. The maximum absolute atomic E-state index is 11.6. The Kier molecular flexibility index (Phi) is 6.10. The van der Waals surface area contributed by atoms with Crippen LogP contribution >= 0.6 is 0 Å². The van der Waals surface area contributed by atoms with Crippen LogP contribution in [0.4, 0.5) is 0 Å². The zero-order chi connectivity index (χ0) is 18.8. The molecular weight excluding hydrogens is 332 g/mol. The fourth-order valence-electron chi connectivity index (χ4n) is 4.88. The molecule has 148 valence electrons. The van der Waals surface area contributed by atoms with Gasteiger partial charge < -0.3 is 18.9 Å². The lowest BCUT2D eigenvalue weighted by Gasteiger charge is -2.56. The van der Waals surface area contributed by atoms with E-state index in [1.165, 1.54) is 6.92 Å². The highest BCUT2D eigenvalue weighted by Gasteiger charge is 2.57. The first-order valence-electron chi connectivity index (χ1n) is 10.1. The van der Waals surface area contributed by atoms with Crippen LogP contribution in [-0.2, 0) is 23.7 Å². The second-order valence-electron chi connectivity index (χ2n) is 8.45. The highest BCUT2D eigenvalue weighted by Crippen LogP contribution is 2.48. The summed E-state index contributed by atoms with van der Waals surface area (Å²) in [7, 11) is 0. The molecule has 6 atom stereocenters. The average molecular weight is 366 g/mol. The Balaban J connectivity index is 1.78. The number of hydrogen-bond acceptors (Lipinski definition) is 5. The van der Waals surface area contributed by atoms with Crippen molar-refractivity contribution in [3.8, 4) is 0 Å². The van der Waals surface area contributed by atoms with Crippen LogP contribution in [0.5, 0.6) is 0 Å². The zero-order valence-electron chi connectivity index (χ0n) is 16.7. The summed E-state index contributed by atoms with van der Waals surface area (Å²) >= 11 is 0. The summed E-state index contributed by atoms with van der Waals surface area (Å²) in [5, 5.41) is 0. The van der Waals surface area contributed by atoms with Crippen molar-refractivity contribution in [3.05, 3.63) is 12.2 Å². The van der Waals surface area contributed by atoms with Gasteiger partial charge in [-0.2, -0.15) is 0 Å². The standard InChI is InChI=1S/C21H34O5/c1-5-6-7-10-16-17(24-15(2)22)13-19-21(4,26-16)14-20(3)18(25-19)11-8-9-12-23-20/h5-6,16-19H,7-14H2,1-4H3/b6-5-/t16-,17+,18+,19-,20-,21+/m0/s1. The summed E-state index contributed by atoms with van der Waals surface area (Å²) in [4.78, 5) is 11.6. The van der Waals surface area contributed by atoms with E-state index in [1.807, 2.05) is 13.0 Å². The van der Waals surface area contributed by atoms with Gasteiger partial charge >= 0.3 is 5.97 Å². The van der Waals surface area contributed by atoms with Crippen LogP contribution in [0.2, 0.25) is 0 Å². The zero-order valence-corrected chi connectivity index (χ0v) is 16.7. The maximum atomic E-state index is 11.6. The number of carbonyl (C=O) groups excluding carboxylic acids is 1.